The van der Waals surface area contributed by atoms with Crippen molar-refractivity contribution in [1.82, 2.24) is 4.72 Å². The fraction of sp³-hybridized carbons (Fsp3) is 0.531. The molecular formula is C32H39ClN2O5S. The van der Waals surface area contributed by atoms with E-state index in [-0.39, 0.29) is 16.4 Å². The monoisotopic (exact) mass is 598 g/mol. The minimum absolute atomic E-state index is 0.00621. The average Bonchev–Trinajstić information content (AvgIpc) is 3.08. The molecule has 0 aromatic heterocycles. The lowest BCUT2D eigenvalue weighted by Crippen LogP contribution is -2.49. The van der Waals surface area contributed by atoms with Gasteiger partial charge in [0.05, 0.1) is 23.3 Å². The molecule has 7 nitrogen and oxygen atoms in total. The molecule has 0 radical (unpaired) electrons. The Hall–Kier alpha value is -2.55. The van der Waals surface area contributed by atoms with Gasteiger partial charge >= 0.3 is 0 Å². The summed E-state index contributed by atoms with van der Waals surface area (Å²) in [6.45, 7) is 3.74. The number of halogens is 1. The number of allylic oxidation sites excluding steroid dienone is 1. The number of ether oxygens (including phenoxy) is 2. The van der Waals surface area contributed by atoms with Gasteiger partial charge in [0, 0.05) is 36.6 Å². The van der Waals surface area contributed by atoms with Gasteiger partial charge in [-0.2, -0.15) is 0 Å². The third kappa shape index (κ3) is 5.51. The summed E-state index contributed by atoms with van der Waals surface area (Å²) in [6.07, 6.45) is 10.6. The van der Waals surface area contributed by atoms with E-state index in [1.54, 1.807) is 32.2 Å². The molecule has 2 aliphatic heterocycles. The molecule has 6 rings (SSSR count). The molecule has 1 spiro atoms. The van der Waals surface area contributed by atoms with E-state index in [0.717, 1.165) is 49.4 Å². The second-order valence-electron chi connectivity index (χ2n) is 12.3. The number of benzene rings is 2. The van der Waals surface area contributed by atoms with Crippen LogP contribution in [0.5, 0.6) is 5.75 Å². The number of aryl methyl sites for hydroxylation is 1. The molecule has 1 saturated carbocycles. The van der Waals surface area contributed by atoms with E-state index in [4.69, 9.17) is 21.1 Å². The average molecular weight is 599 g/mol. The molecule has 220 valence electrons. The molecule has 9 heteroatoms. The molecule has 5 atom stereocenters. The van der Waals surface area contributed by atoms with Crippen molar-refractivity contribution in [3.05, 3.63) is 64.7 Å². The van der Waals surface area contributed by atoms with Crippen LogP contribution in [0.1, 0.15) is 56.6 Å². The van der Waals surface area contributed by atoms with Crippen molar-refractivity contribution in [3.8, 4) is 5.75 Å². The normalized spacial score (nSPS) is 32.0. The highest BCUT2D eigenvalue weighted by Crippen LogP contribution is 2.47. The predicted molar refractivity (Wildman–Crippen MR) is 160 cm³/mol. The Bertz CT molecular complexity index is 1460. The van der Waals surface area contributed by atoms with Crippen LogP contribution in [0.2, 0.25) is 5.02 Å². The van der Waals surface area contributed by atoms with E-state index in [1.807, 2.05) is 6.07 Å². The summed E-state index contributed by atoms with van der Waals surface area (Å²) in [4.78, 5) is 15.3. The first-order valence-corrected chi connectivity index (χ1v) is 16.6. The minimum atomic E-state index is -4.05. The van der Waals surface area contributed by atoms with Crippen LogP contribution in [-0.4, -0.2) is 47.2 Å². The van der Waals surface area contributed by atoms with E-state index >= 15 is 0 Å². The van der Waals surface area contributed by atoms with Crippen LogP contribution in [0.15, 0.2) is 53.4 Å². The fourth-order valence-electron chi connectivity index (χ4n) is 7.19. The van der Waals surface area contributed by atoms with Crippen molar-refractivity contribution >= 4 is 33.2 Å². The summed E-state index contributed by atoms with van der Waals surface area (Å²) >= 11 is 6.39. The number of rotatable bonds is 1. The van der Waals surface area contributed by atoms with Crippen molar-refractivity contribution in [2.24, 2.45) is 17.8 Å². The number of methoxy groups -OCH3 is 1. The van der Waals surface area contributed by atoms with E-state index in [1.165, 1.54) is 11.1 Å². The van der Waals surface area contributed by atoms with Crippen molar-refractivity contribution < 1.29 is 22.7 Å². The molecule has 1 N–H and O–H groups in total. The number of carbonyl (C=O) groups is 1. The maximum Gasteiger partial charge on any atom is 0.264 e. The van der Waals surface area contributed by atoms with Gasteiger partial charge in [-0.05, 0) is 98.2 Å². The molecule has 0 saturated heterocycles. The quantitative estimate of drug-likeness (QED) is 0.427. The molecule has 41 heavy (non-hydrogen) atoms. The topological polar surface area (TPSA) is 84.9 Å². The highest BCUT2D eigenvalue weighted by Gasteiger charge is 2.44. The Morgan fingerprint density at radius 2 is 2.00 bits per heavy atom. The Balaban J connectivity index is 1.44. The standard InChI is InChI=1S/C32H39ClN2O5S/c1-21-6-3-4-8-29(39-2)26-12-9-23(26)18-35-19-32(15-5-7-22-16-24(33)10-13-27(22)32)20-40-30-14-11-25(17-28(30)35)41(37,38)34-31(21)36/h4,8,10-11,13-14,16-17,21,23,26,29H,3,5-7,9,12,15,18-20H2,1-2H3,(H,34,36)/b8-4-/t21-,23+,26-,29+,32+/m1/s1. The van der Waals surface area contributed by atoms with E-state index in [9.17, 15) is 13.2 Å². The highest BCUT2D eigenvalue weighted by molar-refractivity contribution is 7.90. The first-order chi connectivity index (χ1) is 19.7. The smallest absolute Gasteiger partial charge is 0.264 e. The zero-order chi connectivity index (χ0) is 28.8. The molecule has 1 amide bonds. The Kier molecular flexibility index (Phi) is 7.85. The predicted octanol–water partition coefficient (Wildman–Crippen LogP) is 5.65. The molecule has 1 fully saturated rings. The molecule has 2 bridgehead atoms. The number of hydrogen-bond acceptors (Lipinski definition) is 6. The lowest BCUT2D eigenvalue weighted by atomic mass is 9.68. The molecule has 0 unspecified atom stereocenters. The van der Waals surface area contributed by atoms with Crippen LogP contribution >= 0.6 is 11.6 Å². The summed E-state index contributed by atoms with van der Waals surface area (Å²) in [6, 6.07) is 11.2. The Morgan fingerprint density at radius 1 is 1.15 bits per heavy atom. The van der Waals surface area contributed by atoms with Gasteiger partial charge in [0.2, 0.25) is 5.91 Å². The van der Waals surface area contributed by atoms with Gasteiger partial charge < -0.3 is 14.4 Å². The number of fused-ring (bicyclic) bond motifs is 4. The summed E-state index contributed by atoms with van der Waals surface area (Å²) in [7, 11) is -2.28. The molecule has 2 aromatic rings. The number of anilines is 1. The van der Waals surface area contributed by atoms with Crippen LogP contribution in [0.3, 0.4) is 0 Å². The summed E-state index contributed by atoms with van der Waals surface area (Å²) in [5.41, 5.74) is 3.04. The fourth-order valence-corrected chi connectivity index (χ4v) is 8.49. The largest absolute Gasteiger partial charge is 0.490 e. The van der Waals surface area contributed by atoms with Crippen molar-refractivity contribution in [2.45, 2.75) is 68.3 Å². The number of sulfonamides is 1. The Labute approximate surface area is 248 Å². The Morgan fingerprint density at radius 3 is 2.78 bits per heavy atom. The van der Waals surface area contributed by atoms with Crippen LogP contribution in [0.4, 0.5) is 5.69 Å². The minimum Gasteiger partial charge on any atom is -0.490 e. The molecule has 2 aliphatic carbocycles. The SMILES string of the molecule is CO[C@H]1/C=C\CC[C@@H](C)C(=O)NS(=O)(=O)c2ccc3c(c2)N(C[C@@H]2CC[C@H]21)C[C@@]1(CCCc2cc(Cl)ccc21)CO3. The highest BCUT2D eigenvalue weighted by atomic mass is 35.5. The second kappa shape index (κ2) is 11.3. The van der Waals surface area contributed by atoms with Crippen LogP contribution < -0.4 is 14.4 Å². The van der Waals surface area contributed by atoms with E-state index in [0.29, 0.717) is 43.6 Å². The number of carbonyl (C=O) groups excluding carboxylic acids is 1. The van der Waals surface area contributed by atoms with Crippen molar-refractivity contribution in [2.75, 3.05) is 31.7 Å². The molecule has 2 aromatic carbocycles. The third-order valence-electron chi connectivity index (χ3n) is 9.72. The van der Waals surface area contributed by atoms with Gasteiger partial charge in [-0.1, -0.05) is 36.7 Å². The first kappa shape index (κ1) is 28.6. The zero-order valence-corrected chi connectivity index (χ0v) is 25.3. The maximum absolute atomic E-state index is 13.4. The van der Waals surface area contributed by atoms with Gasteiger partial charge in [0.15, 0.2) is 0 Å². The molecule has 2 heterocycles. The second-order valence-corrected chi connectivity index (χ2v) is 14.4. The number of nitrogens with zero attached hydrogens (tertiary/aromatic N) is 1. The van der Waals surface area contributed by atoms with Crippen molar-refractivity contribution in [3.63, 3.8) is 0 Å². The van der Waals surface area contributed by atoms with Crippen LogP contribution in [0.25, 0.3) is 0 Å². The number of hydrogen-bond donors (Lipinski definition) is 1. The lowest BCUT2D eigenvalue weighted by molar-refractivity contribution is -0.122. The summed E-state index contributed by atoms with van der Waals surface area (Å²) in [5.74, 6) is 0.500. The summed E-state index contributed by atoms with van der Waals surface area (Å²) < 4.78 is 41.6. The van der Waals surface area contributed by atoms with Crippen LogP contribution in [0, 0.1) is 17.8 Å². The summed E-state index contributed by atoms with van der Waals surface area (Å²) in [5, 5.41) is 0.742. The lowest BCUT2D eigenvalue weighted by Gasteiger charge is -2.46. The van der Waals surface area contributed by atoms with Gasteiger partial charge in [-0.3, -0.25) is 4.79 Å². The van der Waals surface area contributed by atoms with Gasteiger partial charge in [0.25, 0.3) is 10.0 Å². The third-order valence-corrected chi connectivity index (χ3v) is 11.3. The van der Waals surface area contributed by atoms with Crippen molar-refractivity contribution in [1.29, 1.82) is 0 Å². The van der Waals surface area contributed by atoms with Gasteiger partial charge in [-0.15, -0.1) is 0 Å². The maximum atomic E-state index is 13.4. The first-order valence-electron chi connectivity index (χ1n) is 14.8. The van der Waals surface area contributed by atoms with Crippen LogP contribution in [-0.2, 0) is 31.4 Å². The molecule has 4 aliphatic rings. The van der Waals surface area contributed by atoms with E-state index in [2.05, 4.69) is 33.9 Å². The molecular weight excluding hydrogens is 560 g/mol. The van der Waals surface area contributed by atoms with Gasteiger partial charge in [-0.25, -0.2) is 13.1 Å². The number of amides is 1. The zero-order valence-electron chi connectivity index (χ0n) is 23.8. The number of nitrogens with one attached hydrogen (secondary N) is 1. The van der Waals surface area contributed by atoms with Gasteiger partial charge in [0.1, 0.15) is 5.75 Å². The van der Waals surface area contributed by atoms with E-state index < -0.39 is 21.8 Å².